The van der Waals surface area contributed by atoms with Crippen molar-refractivity contribution in [2.24, 2.45) is 0 Å². The molecule has 10 nitrogen and oxygen atoms in total. The van der Waals surface area contributed by atoms with Crippen molar-refractivity contribution < 1.29 is 23.7 Å². The van der Waals surface area contributed by atoms with Crippen LogP contribution in [0.5, 0.6) is 0 Å². The first kappa shape index (κ1) is 20.6. The van der Waals surface area contributed by atoms with Crippen molar-refractivity contribution in [3.8, 4) is 11.5 Å². The third-order valence-electron chi connectivity index (χ3n) is 4.07. The van der Waals surface area contributed by atoms with E-state index >= 15 is 0 Å². The number of carbonyl (C=O) groups is 2. The lowest BCUT2D eigenvalue weighted by atomic mass is 10.2. The number of nitrogens with one attached hydrogen (secondary N) is 1. The number of benzene rings is 2. The molecule has 30 heavy (non-hydrogen) atoms. The molecule has 0 aliphatic rings. The second kappa shape index (κ2) is 9.41. The Morgan fingerprint density at radius 3 is 2.50 bits per heavy atom. The summed E-state index contributed by atoms with van der Waals surface area (Å²) in [5.41, 5.74) is 0.894. The van der Waals surface area contributed by atoms with Crippen molar-refractivity contribution in [3.63, 3.8) is 0 Å². The first-order chi connectivity index (χ1) is 14.4. The van der Waals surface area contributed by atoms with E-state index in [1.807, 2.05) is 30.3 Å². The van der Waals surface area contributed by atoms with Crippen LogP contribution in [0.25, 0.3) is 11.5 Å². The van der Waals surface area contributed by atoms with Crippen LogP contribution in [-0.4, -0.2) is 33.5 Å². The average molecular weight is 410 g/mol. The summed E-state index contributed by atoms with van der Waals surface area (Å²) in [4.78, 5) is 34.1. The zero-order valence-electron chi connectivity index (χ0n) is 16.0. The van der Waals surface area contributed by atoms with E-state index in [1.54, 1.807) is 6.92 Å². The monoisotopic (exact) mass is 410 g/mol. The number of nitro groups is 1. The van der Waals surface area contributed by atoms with Crippen molar-refractivity contribution >= 4 is 17.6 Å². The number of carbonyl (C=O) groups excluding carboxylic acids is 2. The molecule has 2 aromatic carbocycles. The molecule has 1 N–H and O–H groups in total. The molecule has 3 rings (SSSR count). The van der Waals surface area contributed by atoms with Crippen molar-refractivity contribution in [3.05, 3.63) is 76.2 Å². The number of rotatable bonds is 8. The van der Waals surface area contributed by atoms with Crippen LogP contribution in [0.4, 0.5) is 5.69 Å². The lowest BCUT2D eigenvalue weighted by molar-refractivity contribution is -0.384. The lowest BCUT2D eigenvalue weighted by Crippen LogP contribution is -2.26. The van der Waals surface area contributed by atoms with Crippen LogP contribution in [0.15, 0.2) is 59.0 Å². The summed E-state index contributed by atoms with van der Waals surface area (Å²) in [7, 11) is 0. The molecule has 10 heteroatoms. The smallest absolute Gasteiger partial charge is 0.308 e. The summed E-state index contributed by atoms with van der Waals surface area (Å²) >= 11 is 0. The Balaban J connectivity index is 1.46. The number of nitrogens with zero attached hydrogens (tertiary/aromatic N) is 3. The number of hydrogen-bond acceptors (Lipinski definition) is 8. The Morgan fingerprint density at radius 1 is 1.13 bits per heavy atom. The lowest BCUT2D eigenvalue weighted by Gasteiger charge is -2.10. The van der Waals surface area contributed by atoms with E-state index in [0.29, 0.717) is 5.89 Å². The summed E-state index contributed by atoms with van der Waals surface area (Å²) in [6.45, 7) is 1.65. The number of esters is 1. The number of amides is 1. The summed E-state index contributed by atoms with van der Waals surface area (Å²) in [5.74, 6) is -0.512. The van der Waals surface area contributed by atoms with Gasteiger partial charge in [-0.1, -0.05) is 18.2 Å². The molecule has 1 heterocycles. The van der Waals surface area contributed by atoms with E-state index in [9.17, 15) is 19.7 Å². The highest BCUT2D eigenvalue weighted by molar-refractivity contribution is 5.94. The number of ether oxygens (including phenoxy) is 1. The fraction of sp³-hybridized carbons (Fsp3) is 0.200. The molecule has 0 radical (unpaired) electrons. The van der Waals surface area contributed by atoms with Gasteiger partial charge in [0.05, 0.1) is 11.3 Å². The fourth-order valence-corrected chi connectivity index (χ4v) is 2.52. The first-order valence-corrected chi connectivity index (χ1v) is 9.05. The highest BCUT2D eigenvalue weighted by atomic mass is 16.6. The summed E-state index contributed by atoms with van der Waals surface area (Å²) < 4.78 is 10.8. The van der Waals surface area contributed by atoms with E-state index in [0.717, 1.165) is 5.56 Å². The van der Waals surface area contributed by atoms with E-state index < -0.39 is 22.9 Å². The minimum Gasteiger partial charge on any atom is -0.453 e. The molecule has 0 saturated carbocycles. The molecule has 154 valence electrons. The maximum Gasteiger partial charge on any atom is 0.308 e. The molecular weight excluding hydrogens is 392 g/mol. The predicted octanol–water partition coefficient (Wildman–Crippen LogP) is 3.07. The van der Waals surface area contributed by atoms with Gasteiger partial charge in [-0.05, 0) is 31.2 Å². The topological polar surface area (TPSA) is 137 Å². The van der Waals surface area contributed by atoms with Crippen molar-refractivity contribution in [1.29, 1.82) is 0 Å². The van der Waals surface area contributed by atoms with Crippen LogP contribution < -0.4 is 5.32 Å². The second-order valence-electron chi connectivity index (χ2n) is 6.25. The quantitative estimate of drug-likeness (QED) is 0.340. The van der Waals surface area contributed by atoms with Gasteiger partial charge < -0.3 is 14.5 Å². The Morgan fingerprint density at radius 2 is 1.83 bits per heavy atom. The van der Waals surface area contributed by atoms with Crippen molar-refractivity contribution in [1.82, 2.24) is 15.5 Å². The molecule has 0 fully saturated rings. The number of non-ortho nitro benzene ring substituents is 1. The number of aromatic nitrogens is 2. The maximum absolute atomic E-state index is 12.0. The normalized spacial score (nSPS) is 11.5. The van der Waals surface area contributed by atoms with Gasteiger partial charge in [0.2, 0.25) is 5.89 Å². The summed E-state index contributed by atoms with van der Waals surface area (Å²) in [5, 5.41) is 21.0. The van der Waals surface area contributed by atoms with E-state index in [2.05, 4.69) is 15.5 Å². The third kappa shape index (κ3) is 5.25. The highest BCUT2D eigenvalue weighted by Crippen LogP contribution is 2.22. The second-order valence-corrected chi connectivity index (χ2v) is 6.25. The summed E-state index contributed by atoms with van der Waals surface area (Å²) in [6.07, 6.45) is -0.809. The minimum absolute atomic E-state index is 0.0421. The van der Waals surface area contributed by atoms with Gasteiger partial charge in [0.15, 0.2) is 6.10 Å². The van der Waals surface area contributed by atoms with Crippen LogP contribution in [0, 0.1) is 10.1 Å². The zero-order valence-corrected chi connectivity index (χ0v) is 16.0. The van der Waals surface area contributed by atoms with Gasteiger partial charge in [0.25, 0.3) is 17.5 Å². The van der Waals surface area contributed by atoms with Crippen LogP contribution in [-0.2, 0) is 9.53 Å². The average Bonchev–Trinajstić information content (AvgIpc) is 3.25. The van der Waals surface area contributed by atoms with Crippen LogP contribution in [0.1, 0.15) is 35.7 Å². The van der Waals surface area contributed by atoms with Gasteiger partial charge in [-0.2, -0.15) is 0 Å². The van der Waals surface area contributed by atoms with Gasteiger partial charge in [-0.15, -0.1) is 10.2 Å². The molecule has 1 atom stereocenters. The van der Waals surface area contributed by atoms with Crippen LogP contribution in [0.2, 0.25) is 0 Å². The summed E-state index contributed by atoms with van der Waals surface area (Å²) in [6, 6.07) is 14.3. The minimum atomic E-state index is -0.743. The van der Waals surface area contributed by atoms with Gasteiger partial charge in [-0.3, -0.25) is 19.7 Å². The standard InChI is InChI=1S/C20H18N4O6/c1-13(19-22-23-20(30-19)15-5-3-2-4-6-15)29-17(25)11-12-21-18(26)14-7-9-16(10-8-14)24(27)28/h2-10,13H,11-12H2,1H3,(H,21,26)/t13-/m1/s1. The molecule has 0 spiro atoms. The molecular formula is C20H18N4O6. The SMILES string of the molecule is C[C@@H](OC(=O)CCNC(=O)c1ccc([N+](=O)[O-])cc1)c1nnc(-c2ccccc2)o1. The third-order valence-corrected chi connectivity index (χ3v) is 4.07. The van der Waals surface area contributed by atoms with Crippen LogP contribution in [0.3, 0.4) is 0 Å². The van der Waals surface area contributed by atoms with Crippen molar-refractivity contribution in [2.45, 2.75) is 19.4 Å². The molecule has 0 saturated heterocycles. The van der Waals surface area contributed by atoms with E-state index in [4.69, 9.17) is 9.15 Å². The Hall–Kier alpha value is -4.08. The highest BCUT2D eigenvalue weighted by Gasteiger charge is 2.19. The van der Waals surface area contributed by atoms with E-state index in [-0.39, 0.29) is 30.1 Å². The molecule has 3 aromatic rings. The van der Waals surface area contributed by atoms with E-state index in [1.165, 1.54) is 24.3 Å². The molecule has 0 aliphatic heterocycles. The van der Waals surface area contributed by atoms with Gasteiger partial charge in [0, 0.05) is 29.8 Å². The Bertz CT molecular complexity index is 1030. The fourth-order valence-electron chi connectivity index (χ4n) is 2.52. The largest absolute Gasteiger partial charge is 0.453 e. The van der Waals surface area contributed by atoms with Crippen LogP contribution >= 0.6 is 0 Å². The first-order valence-electron chi connectivity index (χ1n) is 9.05. The molecule has 0 aliphatic carbocycles. The molecule has 0 unspecified atom stereocenters. The predicted molar refractivity (Wildman–Crippen MR) is 104 cm³/mol. The van der Waals surface area contributed by atoms with Gasteiger partial charge in [-0.25, -0.2) is 0 Å². The Kier molecular flexibility index (Phi) is 6.48. The molecule has 1 amide bonds. The number of hydrogen-bond donors (Lipinski definition) is 1. The zero-order chi connectivity index (χ0) is 21.5. The Labute approximate surface area is 171 Å². The van der Waals surface area contributed by atoms with Gasteiger partial charge >= 0.3 is 5.97 Å². The van der Waals surface area contributed by atoms with Gasteiger partial charge in [0.1, 0.15) is 0 Å². The maximum atomic E-state index is 12.0. The van der Waals surface area contributed by atoms with Crippen molar-refractivity contribution in [2.75, 3.05) is 6.54 Å². The molecule has 1 aromatic heterocycles. The number of nitro benzene ring substituents is 1. The molecule has 0 bridgehead atoms.